The molecule has 0 aliphatic carbocycles. The van der Waals surface area contributed by atoms with E-state index in [-0.39, 0.29) is 0 Å². The molecule has 2 rings (SSSR count). The number of carbonyl (C=O) groups is 3. The first-order valence-electron chi connectivity index (χ1n) is 7.74. The van der Waals surface area contributed by atoms with Gasteiger partial charge in [-0.05, 0) is 55.1 Å². The Balaban J connectivity index is 1.96. The molecule has 7 heteroatoms. The Bertz CT molecular complexity index is 817. The number of esters is 2. The average Bonchev–Trinajstić information content (AvgIpc) is 2.67. The fourth-order valence-electron chi connectivity index (χ4n) is 2.13. The number of benzene rings is 2. The van der Waals surface area contributed by atoms with Crippen molar-refractivity contribution in [2.75, 3.05) is 25.3 Å². The molecule has 0 atom stereocenters. The summed E-state index contributed by atoms with van der Waals surface area (Å²) in [6.07, 6.45) is 1.94. The van der Waals surface area contributed by atoms with E-state index in [1.165, 1.54) is 13.2 Å². The molecule has 0 aliphatic rings. The molecule has 1 amide bonds. The van der Waals surface area contributed by atoms with Crippen molar-refractivity contribution in [2.24, 2.45) is 0 Å². The Hall–Kier alpha value is -2.80. The van der Waals surface area contributed by atoms with Gasteiger partial charge in [0.15, 0.2) is 6.61 Å². The molecule has 0 fully saturated rings. The van der Waals surface area contributed by atoms with Crippen LogP contribution >= 0.6 is 11.8 Å². The van der Waals surface area contributed by atoms with Crippen LogP contribution in [0, 0.1) is 6.92 Å². The van der Waals surface area contributed by atoms with E-state index < -0.39 is 24.5 Å². The summed E-state index contributed by atoms with van der Waals surface area (Å²) in [5.41, 5.74) is 1.92. The fraction of sp³-hybridized carbons (Fsp3) is 0.211. The lowest BCUT2D eigenvalue weighted by atomic mass is 10.1. The van der Waals surface area contributed by atoms with Gasteiger partial charge in [-0.15, -0.1) is 11.8 Å². The van der Waals surface area contributed by atoms with E-state index in [1.54, 1.807) is 43.0 Å². The number of hydrogen-bond acceptors (Lipinski definition) is 6. The first-order chi connectivity index (χ1) is 12.4. The van der Waals surface area contributed by atoms with E-state index in [4.69, 9.17) is 4.74 Å². The molecule has 0 spiro atoms. The van der Waals surface area contributed by atoms with Gasteiger partial charge < -0.3 is 14.8 Å². The maximum absolute atomic E-state index is 12.0. The summed E-state index contributed by atoms with van der Waals surface area (Å²) in [4.78, 5) is 36.6. The third-order valence-corrected chi connectivity index (χ3v) is 4.34. The molecule has 0 heterocycles. The van der Waals surface area contributed by atoms with Crippen molar-refractivity contribution in [3.8, 4) is 0 Å². The van der Waals surface area contributed by atoms with Gasteiger partial charge in [0, 0.05) is 10.6 Å². The van der Waals surface area contributed by atoms with Crippen LogP contribution in [0.1, 0.15) is 26.3 Å². The lowest BCUT2D eigenvalue weighted by molar-refractivity contribution is -0.119. The Labute approximate surface area is 155 Å². The lowest BCUT2D eigenvalue weighted by Gasteiger charge is -2.10. The van der Waals surface area contributed by atoms with E-state index in [0.717, 1.165) is 10.5 Å². The van der Waals surface area contributed by atoms with Crippen LogP contribution in [0.15, 0.2) is 47.4 Å². The van der Waals surface area contributed by atoms with Crippen LogP contribution in [0.2, 0.25) is 0 Å². The standard InChI is InChI=1S/C19H19NO5S/c1-12-4-5-14(18(22)24-2)10-16(12)20-17(21)11-25-19(23)13-6-8-15(26-3)9-7-13/h4-10H,11H2,1-3H3,(H,20,21). The van der Waals surface area contributed by atoms with Crippen LogP contribution in [0.25, 0.3) is 0 Å². The second-order valence-corrected chi connectivity index (χ2v) is 6.25. The molecule has 2 aromatic rings. The molecule has 0 saturated heterocycles. The zero-order valence-electron chi connectivity index (χ0n) is 14.7. The maximum Gasteiger partial charge on any atom is 0.338 e. The van der Waals surface area contributed by atoms with Gasteiger partial charge in [0.05, 0.1) is 18.2 Å². The van der Waals surface area contributed by atoms with Gasteiger partial charge in [-0.1, -0.05) is 6.07 Å². The lowest BCUT2D eigenvalue weighted by Crippen LogP contribution is -2.21. The summed E-state index contributed by atoms with van der Waals surface area (Å²) in [6.45, 7) is 1.36. The third kappa shape index (κ3) is 5.10. The zero-order valence-corrected chi connectivity index (χ0v) is 15.5. The van der Waals surface area contributed by atoms with Gasteiger partial charge in [0.25, 0.3) is 5.91 Å². The van der Waals surface area contributed by atoms with Crippen molar-refractivity contribution in [2.45, 2.75) is 11.8 Å². The van der Waals surface area contributed by atoms with Crippen LogP contribution in [-0.2, 0) is 14.3 Å². The van der Waals surface area contributed by atoms with Gasteiger partial charge in [0.2, 0.25) is 0 Å². The van der Waals surface area contributed by atoms with Crippen LogP contribution in [0.4, 0.5) is 5.69 Å². The number of ether oxygens (including phenoxy) is 2. The molecule has 0 bridgehead atoms. The second-order valence-electron chi connectivity index (χ2n) is 5.37. The summed E-state index contributed by atoms with van der Waals surface area (Å²) in [5, 5.41) is 2.63. The molecule has 136 valence electrons. The Morgan fingerprint density at radius 3 is 2.27 bits per heavy atom. The second kappa shape index (κ2) is 9.05. The molecule has 6 nitrogen and oxygen atoms in total. The van der Waals surface area contributed by atoms with E-state index in [0.29, 0.717) is 16.8 Å². The number of methoxy groups -OCH3 is 1. The van der Waals surface area contributed by atoms with Crippen LogP contribution in [0.3, 0.4) is 0 Å². The quantitative estimate of drug-likeness (QED) is 0.618. The van der Waals surface area contributed by atoms with Gasteiger partial charge in [-0.25, -0.2) is 9.59 Å². The smallest absolute Gasteiger partial charge is 0.338 e. The number of thioether (sulfide) groups is 1. The number of carbonyl (C=O) groups excluding carboxylic acids is 3. The Morgan fingerprint density at radius 1 is 1.00 bits per heavy atom. The van der Waals surface area contributed by atoms with Crippen molar-refractivity contribution >= 4 is 35.3 Å². The largest absolute Gasteiger partial charge is 0.465 e. The van der Waals surface area contributed by atoms with Crippen molar-refractivity contribution in [1.29, 1.82) is 0 Å². The molecule has 0 aromatic heterocycles. The number of amides is 1. The number of nitrogens with one attached hydrogen (secondary N) is 1. The van der Waals surface area contributed by atoms with Crippen LogP contribution in [0.5, 0.6) is 0 Å². The van der Waals surface area contributed by atoms with Gasteiger partial charge in [0.1, 0.15) is 0 Å². The Morgan fingerprint density at radius 2 is 1.65 bits per heavy atom. The first-order valence-corrected chi connectivity index (χ1v) is 8.97. The third-order valence-electron chi connectivity index (χ3n) is 3.59. The van der Waals surface area contributed by atoms with E-state index in [1.807, 2.05) is 18.4 Å². The van der Waals surface area contributed by atoms with Crippen LogP contribution < -0.4 is 5.32 Å². The van der Waals surface area contributed by atoms with Crippen molar-refractivity contribution in [3.05, 3.63) is 59.2 Å². The fourth-order valence-corrected chi connectivity index (χ4v) is 2.54. The van der Waals surface area contributed by atoms with E-state index in [9.17, 15) is 14.4 Å². The molecule has 0 saturated carbocycles. The molecule has 0 aliphatic heterocycles. The summed E-state index contributed by atoms with van der Waals surface area (Å²) in [6, 6.07) is 11.7. The molecule has 0 radical (unpaired) electrons. The first kappa shape index (κ1) is 19.5. The SMILES string of the molecule is COC(=O)c1ccc(C)c(NC(=O)COC(=O)c2ccc(SC)cc2)c1. The summed E-state index contributed by atoms with van der Waals surface area (Å²) in [7, 11) is 1.28. The maximum atomic E-state index is 12.0. The zero-order chi connectivity index (χ0) is 19.1. The monoisotopic (exact) mass is 373 g/mol. The highest BCUT2D eigenvalue weighted by Gasteiger charge is 2.13. The van der Waals surface area contributed by atoms with Gasteiger partial charge >= 0.3 is 11.9 Å². The highest BCUT2D eigenvalue weighted by molar-refractivity contribution is 7.98. The van der Waals surface area contributed by atoms with E-state index >= 15 is 0 Å². The molecular weight excluding hydrogens is 354 g/mol. The predicted octanol–water partition coefficient (Wildman–Crippen LogP) is 3.30. The van der Waals surface area contributed by atoms with Gasteiger partial charge in [-0.2, -0.15) is 0 Å². The normalized spacial score (nSPS) is 10.1. The minimum Gasteiger partial charge on any atom is -0.465 e. The molecule has 0 unspecified atom stereocenters. The van der Waals surface area contributed by atoms with Crippen molar-refractivity contribution in [3.63, 3.8) is 0 Å². The number of anilines is 1. The minimum atomic E-state index is -0.576. The highest BCUT2D eigenvalue weighted by Crippen LogP contribution is 2.18. The predicted molar refractivity (Wildman–Crippen MR) is 99.7 cm³/mol. The number of rotatable bonds is 6. The van der Waals surface area contributed by atoms with Crippen molar-refractivity contribution < 1.29 is 23.9 Å². The summed E-state index contributed by atoms with van der Waals surface area (Å²) < 4.78 is 9.68. The minimum absolute atomic E-state index is 0.319. The number of hydrogen-bond donors (Lipinski definition) is 1. The topological polar surface area (TPSA) is 81.7 Å². The van der Waals surface area contributed by atoms with Crippen molar-refractivity contribution in [1.82, 2.24) is 0 Å². The Kier molecular flexibility index (Phi) is 6.80. The number of aryl methyl sites for hydroxylation is 1. The van der Waals surface area contributed by atoms with E-state index in [2.05, 4.69) is 10.1 Å². The average molecular weight is 373 g/mol. The molecule has 26 heavy (non-hydrogen) atoms. The summed E-state index contributed by atoms with van der Waals surface area (Å²) >= 11 is 1.57. The summed E-state index contributed by atoms with van der Waals surface area (Å²) in [5.74, 6) is -1.57. The molecule has 2 aromatic carbocycles. The molecule has 1 N–H and O–H groups in total. The van der Waals surface area contributed by atoms with Gasteiger partial charge in [-0.3, -0.25) is 4.79 Å². The van der Waals surface area contributed by atoms with Crippen LogP contribution in [-0.4, -0.2) is 37.8 Å². The molecular formula is C19H19NO5S. The highest BCUT2D eigenvalue weighted by atomic mass is 32.2.